The second kappa shape index (κ2) is 8.29. The number of nitrogens with one attached hydrogen (secondary N) is 3. The number of nitrogens with zero attached hydrogens (tertiary/aromatic N) is 2. The van der Waals surface area contributed by atoms with Gasteiger partial charge in [-0.25, -0.2) is 9.98 Å². The number of thiazole rings is 1. The molecule has 0 aliphatic carbocycles. The van der Waals surface area contributed by atoms with Crippen LogP contribution >= 0.6 is 11.3 Å². The van der Waals surface area contributed by atoms with Crippen molar-refractivity contribution >= 4 is 23.2 Å². The van der Waals surface area contributed by atoms with E-state index >= 15 is 0 Å². The Bertz CT molecular complexity index is 557. The van der Waals surface area contributed by atoms with E-state index in [4.69, 9.17) is 4.98 Å². The molecular formula is C16H27N5OS. The Labute approximate surface area is 142 Å². The molecule has 1 saturated heterocycles. The van der Waals surface area contributed by atoms with Crippen LogP contribution < -0.4 is 16.0 Å². The van der Waals surface area contributed by atoms with Gasteiger partial charge in [0.05, 0.1) is 12.2 Å². The molecule has 0 bridgehead atoms. The number of hydrogen-bond donors (Lipinski definition) is 3. The molecule has 1 aromatic heterocycles. The highest BCUT2D eigenvalue weighted by Gasteiger charge is 2.18. The molecule has 0 radical (unpaired) electrons. The molecule has 2 rings (SSSR count). The van der Waals surface area contributed by atoms with Gasteiger partial charge in [-0.1, -0.05) is 13.8 Å². The lowest BCUT2D eigenvalue weighted by atomic mass is 10.1. The maximum Gasteiger partial charge on any atom is 0.220 e. The molecule has 23 heavy (non-hydrogen) atoms. The smallest absolute Gasteiger partial charge is 0.220 e. The van der Waals surface area contributed by atoms with Gasteiger partial charge in [0, 0.05) is 30.4 Å². The third kappa shape index (κ3) is 5.20. The summed E-state index contributed by atoms with van der Waals surface area (Å²) in [6.07, 6.45) is 1.41. The molecule has 0 spiro atoms. The minimum atomic E-state index is 0.129. The van der Waals surface area contributed by atoms with Gasteiger partial charge in [-0.3, -0.25) is 4.79 Å². The van der Waals surface area contributed by atoms with Crippen molar-refractivity contribution in [3.05, 3.63) is 15.6 Å². The lowest BCUT2D eigenvalue weighted by Crippen LogP contribution is -2.51. The van der Waals surface area contributed by atoms with E-state index in [2.05, 4.69) is 41.7 Å². The van der Waals surface area contributed by atoms with Crippen molar-refractivity contribution in [1.82, 2.24) is 20.9 Å². The topological polar surface area (TPSA) is 78.4 Å². The van der Waals surface area contributed by atoms with Crippen LogP contribution in [0, 0.1) is 6.92 Å². The van der Waals surface area contributed by atoms with E-state index in [1.165, 1.54) is 10.6 Å². The van der Waals surface area contributed by atoms with Crippen molar-refractivity contribution in [2.24, 2.45) is 4.99 Å². The van der Waals surface area contributed by atoms with Crippen LogP contribution in [-0.4, -0.2) is 36.0 Å². The molecule has 1 atom stereocenters. The maximum atomic E-state index is 11.2. The Hall–Kier alpha value is -1.63. The first-order valence-corrected chi connectivity index (χ1v) is 9.09. The van der Waals surface area contributed by atoms with Crippen molar-refractivity contribution in [2.45, 2.75) is 59.0 Å². The number of guanidine groups is 1. The summed E-state index contributed by atoms with van der Waals surface area (Å²) in [6, 6.07) is 0.231. The number of aromatic nitrogens is 1. The molecule has 1 fully saturated rings. The van der Waals surface area contributed by atoms with Crippen molar-refractivity contribution in [3.63, 3.8) is 0 Å². The zero-order valence-electron chi connectivity index (χ0n) is 14.4. The summed E-state index contributed by atoms with van der Waals surface area (Å²) >= 11 is 1.72. The van der Waals surface area contributed by atoms with Gasteiger partial charge in [-0.05, 0) is 26.2 Å². The van der Waals surface area contributed by atoms with E-state index in [9.17, 15) is 4.79 Å². The first-order valence-electron chi connectivity index (χ1n) is 8.27. The first kappa shape index (κ1) is 17.7. The Balaban J connectivity index is 1.98. The molecule has 3 N–H and O–H groups in total. The van der Waals surface area contributed by atoms with Crippen LogP contribution in [-0.2, 0) is 11.3 Å². The number of carbonyl (C=O) groups is 1. The van der Waals surface area contributed by atoms with Gasteiger partial charge in [0.15, 0.2) is 5.96 Å². The fourth-order valence-corrected chi connectivity index (χ4v) is 3.60. The van der Waals surface area contributed by atoms with Crippen LogP contribution in [0.3, 0.4) is 0 Å². The summed E-state index contributed by atoms with van der Waals surface area (Å²) in [5.41, 5.74) is 1.17. The molecule has 128 valence electrons. The second-order valence-corrected chi connectivity index (χ2v) is 7.37. The Morgan fingerprint density at radius 1 is 1.52 bits per heavy atom. The Kier molecular flexibility index (Phi) is 6.38. The highest BCUT2D eigenvalue weighted by molar-refractivity contribution is 7.11. The largest absolute Gasteiger partial charge is 0.357 e. The third-order valence-electron chi connectivity index (χ3n) is 3.75. The number of aliphatic imine (C=N–C) groups is 1. The number of piperidine rings is 1. The Morgan fingerprint density at radius 3 is 2.87 bits per heavy atom. The zero-order chi connectivity index (χ0) is 16.8. The van der Waals surface area contributed by atoms with E-state index in [0.717, 1.165) is 23.9 Å². The average molecular weight is 337 g/mol. The number of carbonyl (C=O) groups excluding carboxylic acids is 1. The molecule has 1 amide bonds. The molecule has 7 heteroatoms. The summed E-state index contributed by atoms with van der Waals surface area (Å²) in [5, 5.41) is 10.6. The standard InChI is InChI=1S/C16H27N5OS/c1-5-17-16(20-12-6-7-13(22)18-8-12)19-9-14-21-15(10(2)3)11(4)23-14/h10,12H,5-9H2,1-4H3,(H,18,22)(H2,17,19,20). The van der Waals surface area contributed by atoms with Gasteiger partial charge in [-0.15, -0.1) is 11.3 Å². The second-order valence-electron chi connectivity index (χ2n) is 6.08. The predicted octanol–water partition coefficient (Wildman–Crippen LogP) is 1.91. The fraction of sp³-hybridized carbons (Fsp3) is 0.688. The first-order chi connectivity index (χ1) is 11.0. The molecular weight excluding hydrogens is 310 g/mol. The lowest BCUT2D eigenvalue weighted by Gasteiger charge is -2.25. The molecule has 2 heterocycles. The van der Waals surface area contributed by atoms with E-state index in [1.54, 1.807) is 11.3 Å². The monoisotopic (exact) mass is 337 g/mol. The van der Waals surface area contributed by atoms with Gasteiger partial charge >= 0.3 is 0 Å². The summed E-state index contributed by atoms with van der Waals surface area (Å²) < 4.78 is 0. The number of amides is 1. The quantitative estimate of drug-likeness (QED) is 0.566. The lowest BCUT2D eigenvalue weighted by molar-refractivity contribution is -0.122. The molecule has 0 saturated carbocycles. The third-order valence-corrected chi connectivity index (χ3v) is 4.72. The molecule has 0 aromatic carbocycles. The summed E-state index contributed by atoms with van der Waals surface area (Å²) in [4.78, 5) is 21.8. The van der Waals surface area contributed by atoms with Gasteiger partial charge < -0.3 is 16.0 Å². The number of hydrogen-bond acceptors (Lipinski definition) is 4. The summed E-state index contributed by atoms with van der Waals surface area (Å²) in [7, 11) is 0. The van der Waals surface area contributed by atoms with Crippen LogP contribution in [0.1, 0.15) is 55.1 Å². The predicted molar refractivity (Wildman–Crippen MR) is 94.9 cm³/mol. The summed E-state index contributed by atoms with van der Waals surface area (Å²) in [6.45, 7) is 10.5. The van der Waals surface area contributed by atoms with Crippen LogP contribution in [0.2, 0.25) is 0 Å². The van der Waals surface area contributed by atoms with Crippen molar-refractivity contribution in [1.29, 1.82) is 0 Å². The summed E-state index contributed by atoms with van der Waals surface area (Å²) in [5.74, 6) is 1.36. The van der Waals surface area contributed by atoms with Crippen molar-refractivity contribution in [2.75, 3.05) is 13.1 Å². The van der Waals surface area contributed by atoms with Gasteiger partial charge in [0.2, 0.25) is 5.91 Å². The van der Waals surface area contributed by atoms with E-state index in [1.807, 2.05) is 6.92 Å². The van der Waals surface area contributed by atoms with Crippen molar-refractivity contribution in [3.8, 4) is 0 Å². The van der Waals surface area contributed by atoms with Crippen LogP contribution in [0.5, 0.6) is 0 Å². The van der Waals surface area contributed by atoms with Crippen LogP contribution in [0.15, 0.2) is 4.99 Å². The van der Waals surface area contributed by atoms with Crippen LogP contribution in [0.25, 0.3) is 0 Å². The van der Waals surface area contributed by atoms with E-state index in [-0.39, 0.29) is 11.9 Å². The van der Waals surface area contributed by atoms with Gasteiger partial charge in [0.1, 0.15) is 5.01 Å². The minimum Gasteiger partial charge on any atom is -0.357 e. The molecule has 1 aliphatic rings. The molecule has 1 unspecified atom stereocenters. The average Bonchev–Trinajstić information content (AvgIpc) is 2.88. The normalized spacial score (nSPS) is 18.9. The molecule has 6 nitrogen and oxygen atoms in total. The van der Waals surface area contributed by atoms with Gasteiger partial charge in [0.25, 0.3) is 0 Å². The highest BCUT2D eigenvalue weighted by Crippen LogP contribution is 2.24. The van der Waals surface area contributed by atoms with E-state index < -0.39 is 0 Å². The fourth-order valence-electron chi connectivity index (χ4n) is 2.58. The zero-order valence-corrected chi connectivity index (χ0v) is 15.2. The SMILES string of the molecule is CCNC(=NCc1nc(C(C)C)c(C)s1)NC1CCC(=O)NC1. The molecule has 1 aliphatic heterocycles. The highest BCUT2D eigenvalue weighted by atomic mass is 32.1. The maximum absolute atomic E-state index is 11.2. The van der Waals surface area contributed by atoms with Gasteiger partial charge in [-0.2, -0.15) is 0 Å². The number of aryl methyl sites for hydroxylation is 1. The Morgan fingerprint density at radius 2 is 2.30 bits per heavy atom. The van der Waals surface area contributed by atoms with Crippen molar-refractivity contribution < 1.29 is 4.79 Å². The molecule has 1 aromatic rings. The van der Waals surface area contributed by atoms with Crippen LogP contribution in [0.4, 0.5) is 0 Å². The minimum absolute atomic E-state index is 0.129. The van der Waals surface area contributed by atoms with E-state index in [0.29, 0.717) is 25.4 Å². The number of rotatable bonds is 5.